The Bertz CT molecular complexity index is 509. The summed E-state index contributed by atoms with van der Waals surface area (Å²) in [4.78, 5) is 4.44. The largest absolute Gasteiger partial charge is 0.384 e. The Balaban J connectivity index is 2.76. The van der Waals surface area contributed by atoms with Crippen LogP contribution in [-0.4, -0.2) is 9.55 Å². The molecule has 3 nitrogen and oxygen atoms in total. The molecule has 0 unspecified atom stereocenters. The van der Waals surface area contributed by atoms with E-state index in [2.05, 4.69) is 49.5 Å². The molecule has 0 radical (unpaired) electrons. The van der Waals surface area contributed by atoms with Crippen LogP contribution in [0.4, 0.5) is 5.82 Å². The number of nitrogens with two attached hydrogens (primary N) is 1. The highest BCUT2D eigenvalue weighted by Gasteiger charge is 2.13. The zero-order chi connectivity index (χ0) is 11.9. The standard InChI is InChI=1S/C13H19N3/c1-8(2)11-7-16(9(3)4)13-10(11)5-6-12(14)15-13/h5-9H,1-4H3,(H2,14,15). The van der Waals surface area contributed by atoms with Gasteiger partial charge in [-0.1, -0.05) is 13.8 Å². The first-order valence-corrected chi connectivity index (χ1v) is 5.77. The Morgan fingerprint density at radius 3 is 2.44 bits per heavy atom. The number of aromatic nitrogens is 2. The second kappa shape index (κ2) is 3.81. The Morgan fingerprint density at radius 1 is 1.19 bits per heavy atom. The van der Waals surface area contributed by atoms with E-state index in [0.29, 0.717) is 17.8 Å². The lowest BCUT2D eigenvalue weighted by Crippen LogP contribution is -2.00. The normalized spacial score (nSPS) is 11.9. The lowest BCUT2D eigenvalue weighted by Gasteiger charge is -2.08. The number of nitrogen functional groups attached to an aromatic ring is 1. The number of hydrogen-bond donors (Lipinski definition) is 1. The van der Waals surface area contributed by atoms with Gasteiger partial charge in [-0.05, 0) is 37.5 Å². The molecule has 0 bridgehead atoms. The summed E-state index contributed by atoms with van der Waals surface area (Å²) in [5.74, 6) is 1.09. The molecule has 0 aliphatic heterocycles. The van der Waals surface area contributed by atoms with Crippen molar-refractivity contribution >= 4 is 16.9 Å². The monoisotopic (exact) mass is 217 g/mol. The van der Waals surface area contributed by atoms with Gasteiger partial charge in [-0.2, -0.15) is 0 Å². The minimum absolute atomic E-state index is 0.407. The third kappa shape index (κ3) is 1.66. The predicted molar refractivity (Wildman–Crippen MR) is 68.6 cm³/mol. The molecular formula is C13H19N3. The van der Waals surface area contributed by atoms with Gasteiger partial charge < -0.3 is 10.3 Å². The summed E-state index contributed by atoms with van der Waals surface area (Å²) in [5, 5.41) is 1.22. The zero-order valence-electron chi connectivity index (χ0n) is 10.4. The first-order valence-electron chi connectivity index (χ1n) is 5.77. The van der Waals surface area contributed by atoms with E-state index in [0.717, 1.165) is 5.65 Å². The fraction of sp³-hybridized carbons (Fsp3) is 0.462. The number of anilines is 1. The van der Waals surface area contributed by atoms with Crippen molar-refractivity contribution in [3.05, 3.63) is 23.9 Å². The van der Waals surface area contributed by atoms with E-state index in [1.165, 1.54) is 10.9 Å². The van der Waals surface area contributed by atoms with Gasteiger partial charge in [-0.15, -0.1) is 0 Å². The van der Waals surface area contributed by atoms with Crippen molar-refractivity contribution in [2.24, 2.45) is 0 Å². The Morgan fingerprint density at radius 2 is 1.88 bits per heavy atom. The molecule has 0 saturated heterocycles. The Labute approximate surface area is 96.3 Å². The molecule has 0 atom stereocenters. The van der Waals surface area contributed by atoms with Crippen LogP contribution in [0.1, 0.15) is 45.2 Å². The third-order valence-corrected chi connectivity index (χ3v) is 2.91. The Kier molecular flexibility index (Phi) is 2.62. The Hall–Kier alpha value is -1.51. The fourth-order valence-electron chi connectivity index (χ4n) is 2.02. The van der Waals surface area contributed by atoms with Gasteiger partial charge in [0.25, 0.3) is 0 Å². The van der Waals surface area contributed by atoms with Crippen molar-refractivity contribution in [3.63, 3.8) is 0 Å². The van der Waals surface area contributed by atoms with Crippen LogP contribution in [0.25, 0.3) is 11.0 Å². The molecule has 0 aromatic carbocycles. The molecule has 16 heavy (non-hydrogen) atoms. The summed E-state index contributed by atoms with van der Waals surface area (Å²) in [7, 11) is 0. The molecule has 0 fully saturated rings. The van der Waals surface area contributed by atoms with Crippen molar-refractivity contribution in [1.29, 1.82) is 0 Å². The van der Waals surface area contributed by atoms with E-state index >= 15 is 0 Å². The van der Waals surface area contributed by atoms with Gasteiger partial charge in [0.2, 0.25) is 0 Å². The quantitative estimate of drug-likeness (QED) is 0.838. The number of rotatable bonds is 2. The lowest BCUT2D eigenvalue weighted by atomic mass is 10.0. The van der Waals surface area contributed by atoms with E-state index in [1.54, 1.807) is 0 Å². The SMILES string of the molecule is CC(C)c1cn(C(C)C)c2nc(N)ccc12. The van der Waals surface area contributed by atoms with E-state index in [9.17, 15) is 0 Å². The van der Waals surface area contributed by atoms with Gasteiger partial charge in [0, 0.05) is 17.6 Å². The topological polar surface area (TPSA) is 43.8 Å². The summed E-state index contributed by atoms with van der Waals surface area (Å²) in [6, 6.07) is 4.36. The molecular weight excluding hydrogens is 198 g/mol. The van der Waals surface area contributed by atoms with Gasteiger partial charge in [-0.25, -0.2) is 4.98 Å². The summed E-state index contributed by atoms with van der Waals surface area (Å²) in [5.41, 5.74) is 8.10. The van der Waals surface area contributed by atoms with Gasteiger partial charge in [-0.3, -0.25) is 0 Å². The summed E-state index contributed by atoms with van der Waals surface area (Å²) in [6.07, 6.45) is 2.20. The van der Waals surface area contributed by atoms with Crippen molar-refractivity contribution in [1.82, 2.24) is 9.55 Å². The zero-order valence-corrected chi connectivity index (χ0v) is 10.4. The van der Waals surface area contributed by atoms with Crippen LogP contribution < -0.4 is 5.73 Å². The molecule has 0 aliphatic carbocycles. The maximum Gasteiger partial charge on any atom is 0.142 e. The van der Waals surface area contributed by atoms with Crippen LogP contribution in [-0.2, 0) is 0 Å². The molecule has 2 heterocycles. The van der Waals surface area contributed by atoms with E-state index in [1.807, 2.05) is 6.07 Å². The average Bonchev–Trinajstić information content (AvgIpc) is 2.56. The summed E-state index contributed by atoms with van der Waals surface area (Å²) in [6.45, 7) is 8.73. The number of pyridine rings is 1. The van der Waals surface area contributed by atoms with Crippen LogP contribution >= 0.6 is 0 Å². The van der Waals surface area contributed by atoms with Crippen LogP contribution in [0.2, 0.25) is 0 Å². The summed E-state index contributed by atoms with van der Waals surface area (Å²) >= 11 is 0. The van der Waals surface area contributed by atoms with Gasteiger partial charge in [0.1, 0.15) is 11.5 Å². The van der Waals surface area contributed by atoms with Crippen molar-refractivity contribution in [2.75, 3.05) is 5.73 Å². The molecule has 2 rings (SSSR count). The highest BCUT2D eigenvalue weighted by Crippen LogP contribution is 2.29. The van der Waals surface area contributed by atoms with Crippen molar-refractivity contribution in [3.8, 4) is 0 Å². The fourth-order valence-corrected chi connectivity index (χ4v) is 2.02. The molecule has 3 heteroatoms. The molecule has 2 aromatic heterocycles. The van der Waals surface area contributed by atoms with E-state index in [-0.39, 0.29) is 0 Å². The minimum atomic E-state index is 0.407. The van der Waals surface area contributed by atoms with Gasteiger partial charge in [0.05, 0.1) is 0 Å². The smallest absolute Gasteiger partial charge is 0.142 e. The average molecular weight is 217 g/mol. The van der Waals surface area contributed by atoms with Gasteiger partial charge in [0.15, 0.2) is 0 Å². The van der Waals surface area contributed by atoms with Crippen LogP contribution in [0.15, 0.2) is 18.3 Å². The molecule has 0 aliphatic rings. The third-order valence-electron chi connectivity index (χ3n) is 2.91. The van der Waals surface area contributed by atoms with E-state index < -0.39 is 0 Å². The molecule has 2 aromatic rings. The highest BCUT2D eigenvalue weighted by atomic mass is 15.1. The van der Waals surface area contributed by atoms with Gasteiger partial charge >= 0.3 is 0 Å². The maximum absolute atomic E-state index is 5.75. The highest BCUT2D eigenvalue weighted by molar-refractivity contribution is 5.82. The van der Waals surface area contributed by atoms with Crippen LogP contribution in [0.5, 0.6) is 0 Å². The summed E-state index contributed by atoms with van der Waals surface area (Å²) < 4.78 is 2.20. The van der Waals surface area contributed by atoms with E-state index in [4.69, 9.17) is 5.73 Å². The number of nitrogens with zero attached hydrogens (tertiary/aromatic N) is 2. The van der Waals surface area contributed by atoms with Crippen LogP contribution in [0, 0.1) is 0 Å². The predicted octanol–water partition coefficient (Wildman–Crippen LogP) is 3.32. The maximum atomic E-state index is 5.75. The minimum Gasteiger partial charge on any atom is -0.384 e. The number of fused-ring (bicyclic) bond motifs is 1. The first kappa shape index (κ1) is 11.0. The second-order valence-electron chi connectivity index (χ2n) is 4.85. The van der Waals surface area contributed by atoms with Crippen molar-refractivity contribution in [2.45, 2.75) is 39.7 Å². The van der Waals surface area contributed by atoms with Crippen molar-refractivity contribution < 1.29 is 0 Å². The lowest BCUT2D eigenvalue weighted by molar-refractivity contribution is 0.615. The number of hydrogen-bond acceptors (Lipinski definition) is 2. The first-order chi connectivity index (χ1) is 7.50. The molecule has 0 amide bonds. The molecule has 0 saturated carbocycles. The molecule has 0 spiro atoms. The molecule has 2 N–H and O–H groups in total. The second-order valence-corrected chi connectivity index (χ2v) is 4.85. The molecule has 86 valence electrons. The van der Waals surface area contributed by atoms with Crippen LogP contribution in [0.3, 0.4) is 0 Å².